The average Bonchev–Trinajstić information content (AvgIpc) is 2.97. The lowest BCUT2D eigenvalue weighted by Gasteiger charge is -2.19. The first-order valence-corrected chi connectivity index (χ1v) is 7.82. The average molecular weight is 295 g/mol. The second kappa shape index (κ2) is 9.58. The summed E-state index contributed by atoms with van der Waals surface area (Å²) in [4.78, 5) is 16.9. The summed E-state index contributed by atoms with van der Waals surface area (Å²) in [7, 11) is 1.39. The number of hydrogen-bond acceptors (Lipinski definition) is 4. The van der Waals surface area contributed by atoms with E-state index in [9.17, 15) is 4.79 Å². The SMILES string of the molecule is CCN(CC)CCCC(C)NCc1ccc(C(=O)OC)[nH]1. The standard InChI is InChI=1S/C16H29N3O2/c1-5-19(6-2)11-7-8-13(3)17-12-14-9-10-15(18-14)16(20)21-4/h9-10,13,17-18H,5-8,11-12H2,1-4H3. The third kappa shape index (κ3) is 6.31. The van der Waals surface area contributed by atoms with Gasteiger partial charge in [-0.25, -0.2) is 4.79 Å². The molecular formula is C16H29N3O2. The second-order valence-corrected chi connectivity index (χ2v) is 5.34. The van der Waals surface area contributed by atoms with Gasteiger partial charge in [0.25, 0.3) is 0 Å². The van der Waals surface area contributed by atoms with Crippen LogP contribution < -0.4 is 5.32 Å². The maximum Gasteiger partial charge on any atom is 0.354 e. The molecule has 0 aliphatic carbocycles. The molecule has 21 heavy (non-hydrogen) atoms. The van der Waals surface area contributed by atoms with E-state index in [1.807, 2.05) is 6.07 Å². The molecule has 0 saturated carbocycles. The minimum absolute atomic E-state index is 0.325. The van der Waals surface area contributed by atoms with Gasteiger partial charge in [0.15, 0.2) is 0 Å². The van der Waals surface area contributed by atoms with Crippen LogP contribution in [0.25, 0.3) is 0 Å². The molecule has 0 saturated heterocycles. The molecule has 0 amide bonds. The molecule has 1 aromatic heterocycles. The number of carbonyl (C=O) groups is 1. The summed E-state index contributed by atoms with van der Waals surface area (Å²) in [5.74, 6) is -0.325. The predicted molar refractivity (Wildman–Crippen MR) is 85.5 cm³/mol. The van der Waals surface area contributed by atoms with Gasteiger partial charge in [0.2, 0.25) is 0 Å². The number of methoxy groups -OCH3 is 1. The molecule has 5 heteroatoms. The first kappa shape index (κ1) is 17.7. The molecule has 0 radical (unpaired) electrons. The topological polar surface area (TPSA) is 57.4 Å². The number of aromatic amines is 1. The number of H-pyrrole nitrogens is 1. The Kier molecular flexibility index (Phi) is 8.08. The summed E-state index contributed by atoms with van der Waals surface area (Å²) in [6, 6.07) is 4.14. The van der Waals surface area contributed by atoms with Crippen molar-refractivity contribution in [3.05, 3.63) is 23.5 Å². The number of nitrogens with one attached hydrogen (secondary N) is 2. The van der Waals surface area contributed by atoms with E-state index in [4.69, 9.17) is 0 Å². The monoisotopic (exact) mass is 295 g/mol. The molecule has 0 aliphatic heterocycles. The smallest absolute Gasteiger partial charge is 0.354 e. The fraction of sp³-hybridized carbons (Fsp3) is 0.688. The zero-order valence-corrected chi connectivity index (χ0v) is 13.7. The molecule has 1 atom stereocenters. The van der Waals surface area contributed by atoms with Crippen LogP contribution in [0.1, 0.15) is 49.8 Å². The highest BCUT2D eigenvalue weighted by molar-refractivity contribution is 5.87. The number of rotatable bonds is 10. The molecule has 0 aromatic carbocycles. The Hall–Kier alpha value is -1.33. The zero-order chi connectivity index (χ0) is 15.7. The first-order chi connectivity index (χ1) is 10.1. The lowest BCUT2D eigenvalue weighted by molar-refractivity contribution is 0.0594. The molecule has 5 nitrogen and oxygen atoms in total. The van der Waals surface area contributed by atoms with Crippen molar-refractivity contribution in [1.82, 2.24) is 15.2 Å². The fourth-order valence-electron chi connectivity index (χ4n) is 2.32. The maximum absolute atomic E-state index is 11.3. The first-order valence-electron chi connectivity index (χ1n) is 7.82. The van der Waals surface area contributed by atoms with Crippen molar-refractivity contribution >= 4 is 5.97 Å². The van der Waals surface area contributed by atoms with Gasteiger partial charge in [-0.1, -0.05) is 13.8 Å². The van der Waals surface area contributed by atoms with E-state index < -0.39 is 0 Å². The van der Waals surface area contributed by atoms with Gasteiger partial charge in [0, 0.05) is 18.3 Å². The van der Waals surface area contributed by atoms with Crippen LogP contribution in [0, 0.1) is 0 Å². The van der Waals surface area contributed by atoms with E-state index in [0.29, 0.717) is 11.7 Å². The lowest BCUT2D eigenvalue weighted by atomic mass is 10.1. The zero-order valence-electron chi connectivity index (χ0n) is 13.7. The normalized spacial score (nSPS) is 12.6. The highest BCUT2D eigenvalue weighted by Crippen LogP contribution is 2.05. The third-order valence-corrected chi connectivity index (χ3v) is 3.80. The highest BCUT2D eigenvalue weighted by Gasteiger charge is 2.09. The Balaban J connectivity index is 2.25. The quantitative estimate of drug-likeness (QED) is 0.651. The van der Waals surface area contributed by atoms with Gasteiger partial charge < -0.3 is 19.9 Å². The summed E-state index contributed by atoms with van der Waals surface area (Å²) in [6.45, 7) is 10.8. The molecular weight excluding hydrogens is 266 g/mol. The van der Waals surface area contributed by atoms with Gasteiger partial charge in [-0.2, -0.15) is 0 Å². The van der Waals surface area contributed by atoms with E-state index in [-0.39, 0.29) is 5.97 Å². The Morgan fingerprint density at radius 2 is 2.10 bits per heavy atom. The molecule has 120 valence electrons. The van der Waals surface area contributed by atoms with Crippen LogP contribution in [0.15, 0.2) is 12.1 Å². The molecule has 0 spiro atoms. The van der Waals surface area contributed by atoms with Crippen LogP contribution in [-0.2, 0) is 11.3 Å². The predicted octanol–water partition coefficient (Wildman–Crippen LogP) is 2.40. The van der Waals surface area contributed by atoms with Crippen LogP contribution >= 0.6 is 0 Å². The Morgan fingerprint density at radius 1 is 1.38 bits per heavy atom. The van der Waals surface area contributed by atoms with Crippen LogP contribution in [0.3, 0.4) is 0 Å². The summed E-state index contributed by atoms with van der Waals surface area (Å²) in [6.07, 6.45) is 2.36. The van der Waals surface area contributed by atoms with Crippen molar-refractivity contribution in [3.63, 3.8) is 0 Å². The van der Waals surface area contributed by atoms with Crippen molar-refractivity contribution in [2.75, 3.05) is 26.7 Å². The highest BCUT2D eigenvalue weighted by atomic mass is 16.5. The molecule has 0 aliphatic rings. The summed E-state index contributed by atoms with van der Waals surface area (Å²) < 4.78 is 4.68. The summed E-state index contributed by atoms with van der Waals surface area (Å²) >= 11 is 0. The maximum atomic E-state index is 11.3. The summed E-state index contributed by atoms with van der Waals surface area (Å²) in [5.41, 5.74) is 1.51. The molecule has 1 heterocycles. The molecule has 1 unspecified atom stereocenters. The fourth-order valence-corrected chi connectivity index (χ4v) is 2.32. The van der Waals surface area contributed by atoms with Crippen molar-refractivity contribution in [1.29, 1.82) is 0 Å². The number of nitrogens with zero attached hydrogens (tertiary/aromatic N) is 1. The van der Waals surface area contributed by atoms with Crippen LogP contribution in [-0.4, -0.2) is 48.6 Å². The largest absolute Gasteiger partial charge is 0.464 e. The van der Waals surface area contributed by atoms with Crippen molar-refractivity contribution in [2.24, 2.45) is 0 Å². The molecule has 1 aromatic rings. The Morgan fingerprint density at radius 3 is 2.71 bits per heavy atom. The van der Waals surface area contributed by atoms with E-state index in [0.717, 1.165) is 38.3 Å². The minimum Gasteiger partial charge on any atom is -0.464 e. The van der Waals surface area contributed by atoms with Crippen molar-refractivity contribution in [2.45, 2.75) is 46.2 Å². The number of hydrogen-bond donors (Lipinski definition) is 2. The van der Waals surface area contributed by atoms with E-state index in [1.165, 1.54) is 13.5 Å². The van der Waals surface area contributed by atoms with Gasteiger partial charge in [-0.05, 0) is 51.5 Å². The molecule has 2 N–H and O–H groups in total. The number of aromatic nitrogens is 1. The Labute approximate surface area is 128 Å². The van der Waals surface area contributed by atoms with Gasteiger partial charge in [0.1, 0.15) is 5.69 Å². The second-order valence-electron chi connectivity index (χ2n) is 5.34. The summed E-state index contributed by atoms with van der Waals surface area (Å²) in [5, 5.41) is 3.48. The Bertz CT molecular complexity index is 413. The van der Waals surface area contributed by atoms with Crippen LogP contribution in [0.5, 0.6) is 0 Å². The molecule has 0 bridgehead atoms. The number of carbonyl (C=O) groups excluding carboxylic acids is 1. The van der Waals surface area contributed by atoms with Gasteiger partial charge in [-0.3, -0.25) is 0 Å². The van der Waals surface area contributed by atoms with Gasteiger partial charge in [0.05, 0.1) is 7.11 Å². The van der Waals surface area contributed by atoms with Gasteiger partial charge in [-0.15, -0.1) is 0 Å². The number of esters is 1. The molecule has 1 rings (SSSR count). The molecule has 0 fully saturated rings. The third-order valence-electron chi connectivity index (χ3n) is 3.80. The minimum atomic E-state index is -0.325. The number of ether oxygens (including phenoxy) is 1. The van der Waals surface area contributed by atoms with Crippen molar-refractivity contribution in [3.8, 4) is 0 Å². The van der Waals surface area contributed by atoms with E-state index in [1.54, 1.807) is 6.07 Å². The van der Waals surface area contributed by atoms with Gasteiger partial charge >= 0.3 is 5.97 Å². The van der Waals surface area contributed by atoms with Crippen LogP contribution in [0.2, 0.25) is 0 Å². The van der Waals surface area contributed by atoms with E-state index in [2.05, 4.69) is 40.7 Å². The van der Waals surface area contributed by atoms with Crippen molar-refractivity contribution < 1.29 is 9.53 Å². The van der Waals surface area contributed by atoms with Crippen LogP contribution in [0.4, 0.5) is 0 Å². The lowest BCUT2D eigenvalue weighted by Crippen LogP contribution is -2.28. The van der Waals surface area contributed by atoms with E-state index >= 15 is 0 Å².